The Morgan fingerprint density at radius 2 is 2.08 bits per heavy atom. The molecule has 0 aliphatic carbocycles. The predicted octanol–water partition coefficient (Wildman–Crippen LogP) is 3.44. The van der Waals surface area contributed by atoms with Crippen molar-refractivity contribution in [2.45, 2.75) is 51.6 Å². The molecule has 25 heavy (non-hydrogen) atoms. The van der Waals surface area contributed by atoms with Gasteiger partial charge in [-0.25, -0.2) is 13.6 Å². The number of rotatable bonds is 3. The summed E-state index contributed by atoms with van der Waals surface area (Å²) >= 11 is 5.69. The fraction of sp³-hybridized carbons (Fsp3) is 0.529. The van der Waals surface area contributed by atoms with E-state index in [0.29, 0.717) is 0 Å². The summed E-state index contributed by atoms with van der Waals surface area (Å²) in [5.41, 5.74) is -0.546. The van der Waals surface area contributed by atoms with Gasteiger partial charge in [-0.15, -0.1) is 0 Å². The van der Waals surface area contributed by atoms with Gasteiger partial charge in [0.05, 0.1) is 11.6 Å². The zero-order valence-corrected chi connectivity index (χ0v) is 15.1. The number of nitrogens with zero attached hydrogens (tertiary/aromatic N) is 1. The van der Waals surface area contributed by atoms with Crippen molar-refractivity contribution in [3.63, 3.8) is 0 Å². The van der Waals surface area contributed by atoms with Crippen LogP contribution in [0.2, 0.25) is 5.02 Å². The topological polar surface area (TPSA) is 58.6 Å². The van der Waals surface area contributed by atoms with Gasteiger partial charge in [-0.3, -0.25) is 9.69 Å². The van der Waals surface area contributed by atoms with Crippen molar-refractivity contribution in [2.24, 2.45) is 0 Å². The second-order valence-corrected chi connectivity index (χ2v) is 7.32. The molecule has 1 fully saturated rings. The van der Waals surface area contributed by atoms with E-state index in [1.165, 1.54) is 12.1 Å². The number of hydrogen-bond acceptors (Lipinski definition) is 3. The van der Waals surface area contributed by atoms with E-state index in [9.17, 15) is 18.4 Å². The van der Waals surface area contributed by atoms with Gasteiger partial charge in [0, 0.05) is 18.5 Å². The predicted molar refractivity (Wildman–Crippen MR) is 89.5 cm³/mol. The van der Waals surface area contributed by atoms with Gasteiger partial charge >= 0.3 is 6.09 Å². The van der Waals surface area contributed by atoms with E-state index in [1.54, 1.807) is 26.8 Å². The molecular weight excluding hydrogens is 354 g/mol. The zero-order valence-electron chi connectivity index (χ0n) is 14.3. The molecule has 1 aliphatic rings. The van der Waals surface area contributed by atoms with Crippen LogP contribution in [0.3, 0.4) is 0 Å². The van der Waals surface area contributed by atoms with Crippen molar-refractivity contribution < 1.29 is 23.1 Å². The van der Waals surface area contributed by atoms with E-state index in [-0.39, 0.29) is 30.1 Å². The Balaban J connectivity index is 2.03. The summed E-state index contributed by atoms with van der Waals surface area (Å²) in [5.74, 6) is -1.19. The summed E-state index contributed by atoms with van der Waals surface area (Å²) in [6.45, 7) is 4.74. The highest BCUT2D eigenvalue weighted by atomic mass is 35.5. The van der Waals surface area contributed by atoms with E-state index in [2.05, 4.69) is 5.32 Å². The zero-order chi connectivity index (χ0) is 18.8. The normalized spacial score (nSPS) is 20.5. The van der Waals surface area contributed by atoms with Crippen molar-refractivity contribution >= 4 is 23.6 Å². The summed E-state index contributed by atoms with van der Waals surface area (Å²) in [6, 6.07) is 3.45. The lowest BCUT2D eigenvalue weighted by atomic mass is 10.1. The van der Waals surface area contributed by atoms with Gasteiger partial charge in [-0.05, 0) is 26.8 Å². The summed E-state index contributed by atoms with van der Waals surface area (Å²) in [7, 11) is 0. The second kappa shape index (κ2) is 7.56. The van der Waals surface area contributed by atoms with Crippen LogP contribution < -0.4 is 5.32 Å². The highest BCUT2D eigenvalue weighted by Crippen LogP contribution is 2.24. The average Bonchev–Trinajstić information content (AvgIpc) is 2.89. The molecule has 0 bridgehead atoms. The molecule has 0 radical (unpaired) electrons. The van der Waals surface area contributed by atoms with E-state index in [4.69, 9.17) is 16.3 Å². The molecule has 1 saturated heterocycles. The van der Waals surface area contributed by atoms with Crippen molar-refractivity contribution in [3.05, 3.63) is 34.6 Å². The molecular formula is C17H21ClF2N2O3. The van der Waals surface area contributed by atoms with Gasteiger partial charge in [0.1, 0.15) is 23.6 Å². The Bertz CT molecular complexity index is 664. The molecule has 1 aromatic carbocycles. The minimum atomic E-state index is -1.31. The number of hydrogen-bond donors (Lipinski definition) is 1. The number of ether oxygens (including phenoxy) is 1. The van der Waals surface area contributed by atoms with Crippen molar-refractivity contribution in [1.29, 1.82) is 0 Å². The first kappa shape index (κ1) is 19.4. The van der Waals surface area contributed by atoms with Gasteiger partial charge in [-0.2, -0.15) is 0 Å². The summed E-state index contributed by atoms with van der Waals surface area (Å²) in [5, 5.41) is 2.47. The van der Waals surface area contributed by atoms with Gasteiger partial charge in [0.25, 0.3) is 0 Å². The molecule has 2 rings (SSSR count). The van der Waals surface area contributed by atoms with E-state index in [0.717, 1.165) is 4.90 Å². The number of carbonyl (C=O) groups is 2. The average molecular weight is 375 g/mol. The Labute approximate surface area is 150 Å². The van der Waals surface area contributed by atoms with Gasteiger partial charge in [0.15, 0.2) is 0 Å². The van der Waals surface area contributed by atoms with Crippen LogP contribution in [0.5, 0.6) is 0 Å². The Hall–Kier alpha value is -1.89. The number of benzene rings is 1. The molecule has 138 valence electrons. The summed E-state index contributed by atoms with van der Waals surface area (Å²) in [4.78, 5) is 25.6. The molecule has 2 atom stereocenters. The number of likely N-dealkylation sites (tertiary alicyclic amines) is 1. The Morgan fingerprint density at radius 3 is 2.72 bits per heavy atom. The maximum atomic E-state index is 13.9. The minimum Gasteiger partial charge on any atom is -0.444 e. The van der Waals surface area contributed by atoms with Crippen LogP contribution in [0.4, 0.5) is 13.6 Å². The fourth-order valence-corrected chi connectivity index (χ4v) is 2.73. The number of alkyl halides is 1. The fourth-order valence-electron chi connectivity index (χ4n) is 2.54. The second-order valence-electron chi connectivity index (χ2n) is 6.91. The van der Waals surface area contributed by atoms with Crippen molar-refractivity contribution in [3.8, 4) is 0 Å². The molecule has 1 N–H and O–H groups in total. The van der Waals surface area contributed by atoms with Crippen LogP contribution in [-0.2, 0) is 16.1 Å². The van der Waals surface area contributed by atoms with Crippen LogP contribution in [-0.4, -0.2) is 41.3 Å². The largest absolute Gasteiger partial charge is 0.444 e. The van der Waals surface area contributed by atoms with Crippen LogP contribution in [0.15, 0.2) is 18.2 Å². The Morgan fingerprint density at radius 1 is 1.40 bits per heavy atom. The summed E-state index contributed by atoms with van der Waals surface area (Å²) < 4.78 is 32.8. The minimum absolute atomic E-state index is 0.0492. The molecule has 2 amide bonds. The van der Waals surface area contributed by atoms with Crippen molar-refractivity contribution in [1.82, 2.24) is 10.2 Å². The highest BCUT2D eigenvalue weighted by Gasteiger charge is 2.41. The third kappa shape index (κ3) is 5.04. The first-order valence-electron chi connectivity index (χ1n) is 7.93. The maximum Gasteiger partial charge on any atom is 0.411 e. The molecule has 0 aromatic heterocycles. The maximum absolute atomic E-state index is 13.9. The number of carbonyl (C=O) groups excluding carboxylic acids is 2. The Kier molecular flexibility index (Phi) is 5.87. The molecule has 1 heterocycles. The van der Waals surface area contributed by atoms with Gasteiger partial charge < -0.3 is 10.1 Å². The number of halogens is 3. The lowest BCUT2D eigenvalue weighted by molar-refractivity contribution is -0.125. The molecule has 0 saturated carbocycles. The molecule has 1 unspecified atom stereocenters. The molecule has 5 nitrogen and oxygen atoms in total. The molecule has 8 heteroatoms. The van der Waals surface area contributed by atoms with E-state index >= 15 is 0 Å². The lowest BCUT2D eigenvalue weighted by Crippen LogP contribution is -2.47. The molecule has 0 spiro atoms. The summed E-state index contributed by atoms with van der Waals surface area (Å²) in [6.07, 6.45) is -2.18. The number of nitrogens with one attached hydrogen (secondary N) is 1. The molecule has 1 aromatic rings. The quantitative estimate of drug-likeness (QED) is 0.881. The first-order chi connectivity index (χ1) is 11.6. The van der Waals surface area contributed by atoms with Crippen LogP contribution in [0.25, 0.3) is 0 Å². The van der Waals surface area contributed by atoms with Crippen molar-refractivity contribution in [2.75, 3.05) is 6.54 Å². The number of amides is 2. The third-order valence-corrected chi connectivity index (χ3v) is 3.96. The van der Waals surface area contributed by atoms with Crippen LogP contribution in [0.1, 0.15) is 32.8 Å². The highest BCUT2D eigenvalue weighted by molar-refractivity contribution is 6.30. The monoisotopic (exact) mass is 374 g/mol. The third-order valence-electron chi connectivity index (χ3n) is 3.67. The SMILES string of the molecule is CC(C)(C)OC(=O)N1C[C@H](F)CC1C(=O)NCc1cccc(Cl)c1F. The standard InChI is InChI=1S/C17H21ClF2N2O3/c1-17(2,3)25-16(24)22-9-11(19)7-13(22)15(23)21-8-10-5-4-6-12(18)14(10)20/h4-6,11,13H,7-9H2,1-3H3,(H,21,23)/t11-,13?/m1/s1. The van der Waals surface area contributed by atoms with E-state index in [1.807, 2.05) is 0 Å². The van der Waals surface area contributed by atoms with Gasteiger partial charge in [-0.1, -0.05) is 23.7 Å². The van der Waals surface area contributed by atoms with Crippen LogP contribution in [0, 0.1) is 5.82 Å². The lowest BCUT2D eigenvalue weighted by Gasteiger charge is -2.27. The molecule has 1 aliphatic heterocycles. The van der Waals surface area contributed by atoms with Gasteiger partial charge in [0.2, 0.25) is 5.91 Å². The van der Waals surface area contributed by atoms with Crippen LogP contribution >= 0.6 is 11.6 Å². The first-order valence-corrected chi connectivity index (χ1v) is 8.30. The van der Waals surface area contributed by atoms with E-state index < -0.39 is 35.6 Å². The smallest absolute Gasteiger partial charge is 0.411 e.